The van der Waals surface area contributed by atoms with E-state index in [4.69, 9.17) is 16.2 Å². The molecule has 9 N–H and O–H groups in total. The Kier molecular flexibility index (Phi) is 18.0. The third kappa shape index (κ3) is 14.9. The fraction of sp³-hybridized carbons (Fsp3) is 0.600. The number of aliphatic hydroxyl groups excluding tert-OH is 1. The van der Waals surface area contributed by atoms with E-state index in [1.807, 2.05) is 20.8 Å². The largest absolute Gasteiger partial charge is 0.463 e. The molecule has 1 rings (SSSR count). The van der Waals surface area contributed by atoms with Crippen molar-refractivity contribution in [2.75, 3.05) is 19.8 Å². The molecule has 0 aromatic heterocycles. The lowest BCUT2D eigenvalue weighted by molar-refractivity contribution is -0.147. The summed E-state index contributed by atoms with van der Waals surface area (Å²) in [6.45, 7) is 3.93. The van der Waals surface area contributed by atoms with Crippen LogP contribution in [0, 0.1) is 5.92 Å². The maximum Gasteiger partial charge on any atom is 0.305 e. The molecule has 246 valence electrons. The van der Waals surface area contributed by atoms with Gasteiger partial charge in [-0.2, -0.15) is 0 Å². The van der Waals surface area contributed by atoms with Gasteiger partial charge >= 0.3 is 5.97 Å². The Morgan fingerprint density at radius 1 is 0.818 bits per heavy atom. The van der Waals surface area contributed by atoms with Gasteiger partial charge in [0.15, 0.2) is 0 Å². The second kappa shape index (κ2) is 20.8. The van der Waals surface area contributed by atoms with Crippen LogP contribution in [0.5, 0.6) is 0 Å². The lowest BCUT2D eigenvalue weighted by atomic mass is 10.0. The number of benzene rings is 1. The summed E-state index contributed by atoms with van der Waals surface area (Å²) in [4.78, 5) is 75.9. The van der Waals surface area contributed by atoms with Crippen LogP contribution < -0.4 is 32.7 Å². The van der Waals surface area contributed by atoms with Crippen molar-refractivity contribution in [3.05, 3.63) is 35.9 Å². The van der Waals surface area contributed by atoms with Crippen molar-refractivity contribution in [3.63, 3.8) is 0 Å². The molecular formula is C30H48N6O8. The van der Waals surface area contributed by atoms with Gasteiger partial charge in [-0.1, -0.05) is 70.4 Å². The van der Waals surface area contributed by atoms with Crippen molar-refractivity contribution in [2.24, 2.45) is 17.4 Å². The van der Waals surface area contributed by atoms with Crippen LogP contribution in [0.3, 0.4) is 0 Å². The lowest BCUT2D eigenvalue weighted by Gasteiger charge is -2.26. The maximum atomic E-state index is 13.5. The first-order valence-electron chi connectivity index (χ1n) is 14.9. The smallest absolute Gasteiger partial charge is 0.305 e. The first-order chi connectivity index (χ1) is 20.9. The number of primary amides is 1. The lowest BCUT2D eigenvalue weighted by Crippen LogP contribution is -2.60. The monoisotopic (exact) mass is 620 g/mol. The Bertz CT molecular complexity index is 1080. The molecule has 0 fully saturated rings. The number of hydrogen-bond acceptors (Lipinski definition) is 9. The number of carbonyl (C=O) groups is 6. The summed E-state index contributed by atoms with van der Waals surface area (Å²) in [6, 6.07) is 3.64. The van der Waals surface area contributed by atoms with Gasteiger partial charge in [0, 0.05) is 12.8 Å². The summed E-state index contributed by atoms with van der Waals surface area (Å²) in [5, 5.41) is 19.4. The molecule has 0 radical (unpaired) electrons. The van der Waals surface area contributed by atoms with Crippen LogP contribution in [0.15, 0.2) is 30.3 Å². The summed E-state index contributed by atoms with van der Waals surface area (Å²) in [6.07, 6.45) is 3.74. The predicted octanol–water partition coefficient (Wildman–Crippen LogP) is -0.836. The molecule has 1 aromatic carbocycles. The summed E-state index contributed by atoms with van der Waals surface area (Å²) in [5.41, 5.74) is 11.5. The minimum absolute atomic E-state index is 0.0231. The van der Waals surface area contributed by atoms with E-state index in [0.717, 1.165) is 19.3 Å². The van der Waals surface area contributed by atoms with Crippen LogP contribution in [-0.2, 0) is 39.9 Å². The topological polar surface area (TPSA) is 232 Å². The van der Waals surface area contributed by atoms with Gasteiger partial charge in [0.05, 0.1) is 13.2 Å². The van der Waals surface area contributed by atoms with Crippen LogP contribution in [0.2, 0.25) is 0 Å². The van der Waals surface area contributed by atoms with E-state index in [1.165, 1.54) is 0 Å². The average molecular weight is 621 g/mol. The van der Waals surface area contributed by atoms with Crippen molar-refractivity contribution in [2.45, 2.75) is 89.9 Å². The molecule has 0 aliphatic rings. The van der Waals surface area contributed by atoms with Gasteiger partial charge in [-0.25, -0.2) is 0 Å². The van der Waals surface area contributed by atoms with E-state index in [0.29, 0.717) is 12.0 Å². The Labute approximate surface area is 258 Å². The first-order valence-corrected chi connectivity index (χ1v) is 14.9. The quantitative estimate of drug-likeness (QED) is 0.0670. The Morgan fingerprint density at radius 3 is 1.98 bits per heavy atom. The Hall–Kier alpha value is -4.04. The molecule has 0 aliphatic carbocycles. The van der Waals surface area contributed by atoms with Crippen LogP contribution >= 0.6 is 0 Å². The van der Waals surface area contributed by atoms with Crippen molar-refractivity contribution < 1.29 is 38.6 Å². The van der Waals surface area contributed by atoms with Gasteiger partial charge in [0.1, 0.15) is 30.8 Å². The van der Waals surface area contributed by atoms with Crippen molar-refractivity contribution in [1.82, 2.24) is 21.3 Å². The number of carbonyl (C=O) groups excluding carboxylic acids is 6. The fourth-order valence-electron chi connectivity index (χ4n) is 4.17. The second-order valence-electron chi connectivity index (χ2n) is 10.9. The summed E-state index contributed by atoms with van der Waals surface area (Å²) < 4.78 is 5.28. The minimum Gasteiger partial charge on any atom is -0.463 e. The average Bonchev–Trinajstić information content (AvgIpc) is 2.99. The molecule has 0 aliphatic heterocycles. The van der Waals surface area contributed by atoms with Crippen LogP contribution in [0.1, 0.15) is 64.9 Å². The maximum absolute atomic E-state index is 13.5. The molecule has 5 amide bonds. The molecule has 0 saturated heterocycles. The van der Waals surface area contributed by atoms with Gasteiger partial charge < -0.3 is 42.6 Å². The van der Waals surface area contributed by atoms with Crippen LogP contribution in [0.4, 0.5) is 0 Å². The molecular weight excluding hydrogens is 572 g/mol. The molecule has 0 bridgehead atoms. The normalized spacial score (nSPS) is 13.6. The van der Waals surface area contributed by atoms with Gasteiger partial charge in [0.2, 0.25) is 29.5 Å². The minimum atomic E-state index is -1.50. The number of aliphatic hydroxyl groups is 1. The van der Waals surface area contributed by atoms with E-state index < -0.39 is 79.4 Å². The van der Waals surface area contributed by atoms with E-state index in [2.05, 4.69) is 21.3 Å². The molecule has 0 spiro atoms. The molecule has 0 heterocycles. The van der Waals surface area contributed by atoms with E-state index in [9.17, 15) is 33.9 Å². The van der Waals surface area contributed by atoms with Gasteiger partial charge in [-0.05, 0) is 24.3 Å². The van der Waals surface area contributed by atoms with Crippen molar-refractivity contribution in [1.29, 1.82) is 0 Å². The number of ether oxygens (including phenoxy) is 1. The van der Waals surface area contributed by atoms with Crippen LogP contribution in [-0.4, -0.2) is 84.5 Å². The molecule has 0 unspecified atom stereocenters. The summed E-state index contributed by atoms with van der Waals surface area (Å²) in [7, 11) is 0. The third-order valence-corrected chi connectivity index (χ3v) is 6.58. The first kappa shape index (κ1) is 38.0. The van der Waals surface area contributed by atoms with Gasteiger partial charge in [-0.3, -0.25) is 28.8 Å². The van der Waals surface area contributed by atoms with E-state index in [1.54, 1.807) is 30.3 Å². The zero-order valence-corrected chi connectivity index (χ0v) is 25.8. The zero-order chi connectivity index (χ0) is 33.1. The molecule has 0 saturated carbocycles. The number of nitrogens with two attached hydrogens (primary N) is 2. The van der Waals surface area contributed by atoms with Crippen molar-refractivity contribution in [3.8, 4) is 0 Å². The van der Waals surface area contributed by atoms with E-state index in [-0.39, 0.29) is 25.2 Å². The number of unbranched alkanes of at least 4 members (excludes halogenated alkanes) is 3. The van der Waals surface area contributed by atoms with E-state index >= 15 is 0 Å². The number of hydrogen-bond donors (Lipinski definition) is 7. The Morgan fingerprint density at radius 2 is 1.41 bits per heavy atom. The number of esters is 1. The third-order valence-electron chi connectivity index (χ3n) is 6.58. The molecule has 1 aromatic rings. The molecule has 44 heavy (non-hydrogen) atoms. The summed E-state index contributed by atoms with van der Waals surface area (Å²) in [5.74, 6) is -4.51. The molecule has 14 heteroatoms. The zero-order valence-electron chi connectivity index (χ0n) is 25.8. The highest BCUT2D eigenvalue weighted by molar-refractivity contribution is 5.95. The number of nitrogens with one attached hydrogen (secondary N) is 4. The highest BCUT2D eigenvalue weighted by atomic mass is 16.5. The standard InChI is InChI=1S/C30H48N6O8/c1-4-5-6-10-13-26(39)44-18-24(36-29(42)23(17-37)33-25(38)16-31)30(43)35-22(15-20-11-8-7-9-12-20)28(41)34-21(27(32)40)14-19(2)3/h7-9,11-12,19,21-24,37H,4-6,10,13-18,31H2,1-3H3,(H2,32,40)(H,33,38)(H,34,41)(H,35,43)(H,36,42)/t21-,22-,23-,24-/m0/s1. The molecule has 14 nitrogen and oxygen atoms in total. The van der Waals surface area contributed by atoms with Gasteiger partial charge in [0.25, 0.3) is 0 Å². The van der Waals surface area contributed by atoms with Crippen LogP contribution in [0.25, 0.3) is 0 Å². The SMILES string of the molecule is CCCCCCC(=O)OC[C@H](NC(=O)[C@H](CO)NC(=O)CN)C(=O)N[C@@H](Cc1ccccc1)C(=O)N[C@@H](CC(C)C)C(N)=O. The molecule has 4 atom stereocenters. The number of rotatable bonds is 21. The van der Waals surface area contributed by atoms with Crippen molar-refractivity contribution >= 4 is 35.5 Å². The number of amides is 5. The summed E-state index contributed by atoms with van der Waals surface area (Å²) >= 11 is 0. The second-order valence-corrected chi connectivity index (χ2v) is 10.9. The highest BCUT2D eigenvalue weighted by Gasteiger charge is 2.32. The fourth-order valence-corrected chi connectivity index (χ4v) is 4.17. The Balaban J connectivity index is 3.21. The van der Waals surface area contributed by atoms with Gasteiger partial charge in [-0.15, -0.1) is 0 Å². The predicted molar refractivity (Wildman–Crippen MR) is 162 cm³/mol. The highest BCUT2D eigenvalue weighted by Crippen LogP contribution is 2.09.